The third-order valence-electron chi connectivity index (χ3n) is 3.35. The molecule has 25 heavy (non-hydrogen) atoms. The molecule has 7 heteroatoms. The summed E-state index contributed by atoms with van der Waals surface area (Å²) in [5, 5.41) is 8.02. The molecule has 3 aromatic rings. The van der Waals surface area contributed by atoms with Crippen LogP contribution in [0.3, 0.4) is 0 Å². The topological polar surface area (TPSA) is 84.0 Å². The van der Waals surface area contributed by atoms with Crippen LogP contribution in [0, 0.1) is 0 Å². The molecule has 0 unspecified atom stereocenters. The number of hydrogen-bond donors (Lipinski definition) is 2. The summed E-state index contributed by atoms with van der Waals surface area (Å²) in [4.78, 5) is 32.4. The van der Waals surface area contributed by atoms with E-state index in [0.717, 1.165) is 16.4 Å². The number of rotatable bonds is 6. The lowest BCUT2D eigenvalue weighted by Gasteiger charge is -2.06. The smallest absolute Gasteiger partial charge is 0.251 e. The quantitative estimate of drug-likeness (QED) is 0.713. The molecular weight excluding hydrogens is 336 g/mol. The van der Waals surface area contributed by atoms with Crippen LogP contribution >= 0.6 is 11.3 Å². The van der Waals surface area contributed by atoms with Gasteiger partial charge in [0.1, 0.15) is 5.01 Å². The van der Waals surface area contributed by atoms with Crippen LogP contribution < -0.4 is 10.6 Å². The Morgan fingerprint density at radius 1 is 1.00 bits per heavy atom. The lowest BCUT2D eigenvalue weighted by Crippen LogP contribution is -2.36. The number of hydrogen-bond acceptors (Lipinski definition) is 5. The highest BCUT2D eigenvalue weighted by atomic mass is 32.1. The standard InChI is InChI=1S/C18H16N4O2S/c23-16(11-21-17(24)13-6-2-1-3-7-13)20-10-14-12-25-18(22-14)15-8-4-5-9-19-15/h1-9,12H,10-11H2,(H,20,23)(H,21,24). The minimum Gasteiger partial charge on any atom is -0.349 e. The maximum absolute atomic E-state index is 11.9. The summed E-state index contributed by atoms with van der Waals surface area (Å²) in [6.07, 6.45) is 1.72. The molecular formula is C18H16N4O2S. The van der Waals surface area contributed by atoms with Crippen molar-refractivity contribution in [2.45, 2.75) is 6.54 Å². The molecule has 0 spiro atoms. The van der Waals surface area contributed by atoms with E-state index in [1.807, 2.05) is 29.6 Å². The van der Waals surface area contributed by atoms with Gasteiger partial charge in [0.15, 0.2) is 0 Å². The van der Waals surface area contributed by atoms with Crippen LogP contribution in [-0.4, -0.2) is 28.3 Å². The number of nitrogens with zero attached hydrogens (tertiary/aromatic N) is 2. The molecule has 2 aromatic heterocycles. The first kappa shape index (κ1) is 16.8. The summed E-state index contributed by atoms with van der Waals surface area (Å²) < 4.78 is 0. The Bertz CT molecular complexity index is 850. The maximum Gasteiger partial charge on any atom is 0.251 e. The van der Waals surface area contributed by atoms with E-state index in [9.17, 15) is 9.59 Å². The van der Waals surface area contributed by atoms with Crippen LogP contribution in [-0.2, 0) is 11.3 Å². The van der Waals surface area contributed by atoms with Crippen molar-refractivity contribution >= 4 is 23.2 Å². The van der Waals surface area contributed by atoms with Gasteiger partial charge >= 0.3 is 0 Å². The Balaban J connectivity index is 1.47. The Hall–Kier alpha value is -3.06. The maximum atomic E-state index is 11.9. The summed E-state index contributed by atoms with van der Waals surface area (Å²) in [6, 6.07) is 14.4. The molecule has 0 radical (unpaired) electrons. The molecule has 0 aliphatic heterocycles. The molecule has 6 nitrogen and oxygen atoms in total. The minimum absolute atomic E-state index is 0.0784. The second-order valence-electron chi connectivity index (χ2n) is 5.18. The minimum atomic E-state index is -0.276. The lowest BCUT2D eigenvalue weighted by atomic mass is 10.2. The monoisotopic (exact) mass is 352 g/mol. The van der Waals surface area contributed by atoms with Gasteiger partial charge in [-0.05, 0) is 24.3 Å². The third-order valence-corrected chi connectivity index (χ3v) is 4.26. The Kier molecular flexibility index (Phi) is 5.48. The van der Waals surface area contributed by atoms with Crippen molar-refractivity contribution in [3.05, 3.63) is 71.4 Å². The molecule has 1 aromatic carbocycles. The highest BCUT2D eigenvalue weighted by molar-refractivity contribution is 7.13. The average molecular weight is 352 g/mol. The Morgan fingerprint density at radius 3 is 2.56 bits per heavy atom. The average Bonchev–Trinajstić information content (AvgIpc) is 3.15. The highest BCUT2D eigenvalue weighted by Crippen LogP contribution is 2.21. The van der Waals surface area contributed by atoms with Crippen LogP contribution in [0.2, 0.25) is 0 Å². The van der Waals surface area contributed by atoms with Gasteiger partial charge in [0, 0.05) is 17.1 Å². The Labute approximate surface area is 149 Å². The molecule has 0 saturated heterocycles. The van der Waals surface area contributed by atoms with E-state index < -0.39 is 0 Å². The van der Waals surface area contributed by atoms with Crippen LogP contribution in [0.5, 0.6) is 0 Å². The van der Waals surface area contributed by atoms with Gasteiger partial charge in [0.05, 0.1) is 24.5 Å². The molecule has 0 saturated carbocycles. The van der Waals surface area contributed by atoms with Gasteiger partial charge in [0.2, 0.25) is 5.91 Å². The fourth-order valence-electron chi connectivity index (χ4n) is 2.10. The first-order valence-corrected chi connectivity index (χ1v) is 8.56. The van der Waals surface area contributed by atoms with Gasteiger partial charge in [0.25, 0.3) is 5.91 Å². The number of aromatic nitrogens is 2. The number of carbonyl (C=O) groups is 2. The fraction of sp³-hybridized carbons (Fsp3) is 0.111. The molecule has 0 atom stereocenters. The third kappa shape index (κ3) is 4.71. The largest absolute Gasteiger partial charge is 0.349 e. The van der Waals surface area contributed by atoms with Gasteiger partial charge in [-0.15, -0.1) is 11.3 Å². The Morgan fingerprint density at radius 2 is 1.80 bits per heavy atom. The van der Waals surface area contributed by atoms with E-state index in [4.69, 9.17) is 0 Å². The van der Waals surface area contributed by atoms with Gasteiger partial charge in [-0.2, -0.15) is 0 Å². The van der Waals surface area contributed by atoms with E-state index in [1.165, 1.54) is 11.3 Å². The first-order valence-electron chi connectivity index (χ1n) is 7.68. The zero-order valence-electron chi connectivity index (χ0n) is 13.3. The number of carbonyl (C=O) groups excluding carboxylic acids is 2. The molecule has 126 valence electrons. The lowest BCUT2D eigenvalue weighted by molar-refractivity contribution is -0.120. The summed E-state index contributed by atoms with van der Waals surface area (Å²) in [7, 11) is 0. The van der Waals surface area contributed by atoms with E-state index in [1.54, 1.807) is 30.5 Å². The van der Waals surface area contributed by atoms with E-state index in [0.29, 0.717) is 12.1 Å². The molecule has 2 heterocycles. The summed E-state index contributed by atoms with van der Waals surface area (Å²) in [5.41, 5.74) is 2.09. The van der Waals surface area contributed by atoms with E-state index >= 15 is 0 Å². The second kappa shape index (κ2) is 8.16. The van der Waals surface area contributed by atoms with Crippen molar-refractivity contribution in [1.82, 2.24) is 20.6 Å². The SMILES string of the molecule is O=C(CNC(=O)c1ccccc1)NCc1csc(-c2ccccn2)n1. The molecule has 2 amide bonds. The number of amides is 2. The van der Waals surface area contributed by atoms with Gasteiger partial charge in [-0.1, -0.05) is 24.3 Å². The predicted molar refractivity (Wildman–Crippen MR) is 96.0 cm³/mol. The number of thiazole rings is 1. The molecule has 0 aliphatic rings. The van der Waals surface area contributed by atoms with Crippen molar-refractivity contribution in [2.24, 2.45) is 0 Å². The fourth-order valence-corrected chi connectivity index (χ4v) is 2.89. The second-order valence-corrected chi connectivity index (χ2v) is 6.04. The van der Waals surface area contributed by atoms with Crippen molar-refractivity contribution in [1.29, 1.82) is 0 Å². The predicted octanol–water partition coefficient (Wildman–Crippen LogP) is 2.25. The normalized spacial score (nSPS) is 10.2. The summed E-state index contributed by atoms with van der Waals surface area (Å²) in [6.45, 7) is 0.230. The van der Waals surface area contributed by atoms with E-state index in [2.05, 4.69) is 20.6 Å². The molecule has 2 N–H and O–H groups in total. The van der Waals surface area contributed by atoms with Crippen molar-refractivity contribution < 1.29 is 9.59 Å². The van der Waals surface area contributed by atoms with Gasteiger partial charge in [-0.25, -0.2) is 4.98 Å². The zero-order chi connectivity index (χ0) is 17.5. The van der Waals surface area contributed by atoms with Crippen LogP contribution in [0.15, 0.2) is 60.1 Å². The highest BCUT2D eigenvalue weighted by Gasteiger charge is 2.09. The number of benzene rings is 1. The number of pyridine rings is 1. The molecule has 0 fully saturated rings. The molecule has 3 rings (SSSR count). The zero-order valence-corrected chi connectivity index (χ0v) is 14.1. The van der Waals surface area contributed by atoms with Crippen molar-refractivity contribution in [3.8, 4) is 10.7 Å². The van der Waals surface area contributed by atoms with Crippen molar-refractivity contribution in [2.75, 3.05) is 6.54 Å². The summed E-state index contributed by atoms with van der Waals surface area (Å²) in [5.74, 6) is -0.543. The van der Waals surface area contributed by atoms with Gasteiger partial charge < -0.3 is 10.6 Å². The van der Waals surface area contributed by atoms with Crippen LogP contribution in [0.25, 0.3) is 10.7 Å². The van der Waals surface area contributed by atoms with E-state index in [-0.39, 0.29) is 18.4 Å². The van der Waals surface area contributed by atoms with Crippen molar-refractivity contribution in [3.63, 3.8) is 0 Å². The summed E-state index contributed by atoms with van der Waals surface area (Å²) >= 11 is 1.48. The number of nitrogens with one attached hydrogen (secondary N) is 2. The molecule has 0 aliphatic carbocycles. The molecule has 0 bridgehead atoms. The van der Waals surface area contributed by atoms with Crippen LogP contribution in [0.1, 0.15) is 16.1 Å². The first-order chi connectivity index (χ1) is 12.2. The van der Waals surface area contributed by atoms with Gasteiger partial charge in [-0.3, -0.25) is 14.6 Å². The van der Waals surface area contributed by atoms with Crippen LogP contribution in [0.4, 0.5) is 0 Å².